The van der Waals surface area contributed by atoms with Crippen molar-refractivity contribution in [1.82, 2.24) is 19.8 Å². The van der Waals surface area contributed by atoms with Crippen LogP contribution in [0, 0.1) is 13.8 Å². The van der Waals surface area contributed by atoms with E-state index < -0.39 is 11.6 Å². The minimum atomic E-state index is -1.35. The second-order valence-electron chi connectivity index (χ2n) is 7.28. The first-order chi connectivity index (χ1) is 13.6. The molecule has 1 heterocycles. The van der Waals surface area contributed by atoms with Crippen molar-refractivity contribution in [3.63, 3.8) is 0 Å². The summed E-state index contributed by atoms with van der Waals surface area (Å²) in [5.41, 5.74) is 1.20. The molecule has 2 aromatic carbocycles. The normalized spacial score (nSPS) is 11.5. The van der Waals surface area contributed by atoms with Crippen LogP contribution in [0.2, 0.25) is 5.02 Å². The van der Waals surface area contributed by atoms with E-state index in [2.05, 4.69) is 10.4 Å². The fourth-order valence-electron chi connectivity index (χ4n) is 2.88. The van der Waals surface area contributed by atoms with Gasteiger partial charge in [0, 0.05) is 5.02 Å². The van der Waals surface area contributed by atoms with Crippen LogP contribution < -0.4 is 10.4 Å². The Bertz CT molecular complexity index is 1090. The van der Waals surface area contributed by atoms with Gasteiger partial charge in [-0.25, -0.2) is 9.59 Å². The van der Waals surface area contributed by atoms with Gasteiger partial charge in [0.2, 0.25) is 0 Å². The van der Waals surface area contributed by atoms with Crippen molar-refractivity contribution < 1.29 is 14.6 Å². The van der Waals surface area contributed by atoms with Crippen LogP contribution in [0.4, 0.5) is 0 Å². The second kappa shape index (κ2) is 7.71. The minimum Gasteiger partial charge on any atom is -0.478 e. The molecule has 0 bridgehead atoms. The van der Waals surface area contributed by atoms with Crippen molar-refractivity contribution >= 4 is 17.6 Å². The first kappa shape index (κ1) is 20.6. The van der Waals surface area contributed by atoms with Gasteiger partial charge in [0.05, 0.1) is 12.2 Å². The Kier molecular flexibility index (Phi) is 5.48. The van der Waals surface area contributed by atoms with Crippen molar-refractivity contribution in [2.45, 2.75) is 39.8 Å². The molecule has 152 valence electrons. The molecule has 0 amide bonds. The summed E-state index contributed by atoms with van der Waals surface area (Å²) in [4.78, 5) is 24.0. The van der Waals surface area contributed by atoms with Gasteiger partial charge in [-0.05, 0) is 79.1 Å². The lowest BCUT2D eigenvalue weighted by Crippen LogP contribution is -2.38. The van der Waals surface area contributed by atoms with Gasteiger partial charge in [0.15, 0.2) is 5.60 Å². The predicted octanol–water partition coefficient (Wildman–Crippen LogP) is 2.99. The molecule has 1 aromatic heterocycles. The van der Waals surface area contributed by atoms with Crippen molar-refractivity contribution in [3.8, 4) is 11.4 Å². The van der Waals surface area contributed by atoms with Crippen molar-refractivity contribution in [3.05, 3.63) is 68.6 Å². The Morgan fingerprint density at radius 2 is 1.72 bits per heavy atom. The molecule has 1 N–H and O–H groups in total. The highest BCUT2D eigenvalue weighted by molar-refractivity contribution is 6.30. The number of rotatable bonds is 6. The zero-order valence-corrected chi connectivity index (χ0v) is 17.3. The highest BCUT2D eigenvalue weighted by atomic mass is 35.5. The van der Waals surface area contributed by atoms with Crippen LogP contribution >= 0.6 is 11.6 Å². The van der Waals surface area contributed by atoms with Crippen LogP contribution in [-0.2, 0) is 11.3 Å². The third-order valence-electron chi connectivity index (χ3n) is 4.44. The Hall–Kier alpha value is -3.13. The molecule has 3 rings (SSSR count). The van der Waals surface area contributed by atoms with Gasteiger partial charge in [-0.3, -0.25) is 0 Å². The molecule has 0 saturated heterocycles. The topological polar surface area (TPSA) is 99.2 Å². The van der Waals surface area contributed by atoms with E-state index in [-0.39, 0.29) is 12.2 Å². The van der Waals surface area contributed by atoms with E-state index in [4.69, 9.17) is 16.3 Å². The van der Waals surface area contributed by atoms with Gasteiger partial charge in [0.1, 0.15) is 5.75 Å². The van der Waals surface area contributed by atoms with Gasteiger partial charge in [0.25, 0.3) is 0 Å². The number of aliphatic carboxylic acids is 1. The highest BCUT2D eigenvalue weighted by Crippen LogP contribution is 2.29. The SMILES string of the molecule is Cc1cc(Cn2nnn(-c3ccc(Cl)cc3)c2=O)cc(C)c1OC(C)(C)C(=O)O. The second-order valence-corrected chi connectivity index (χ2v) is 7.72. The zero-order valence-electron chi connectivity index (χ0n) is 16.5. The number of carboxylic acids is 1. The molecule has 3 aromatic rings. The lowest BCUT2D eigenvalue weighted by molar-refractivity contribution is -0.152. The number of hydrogen-bond donors (Lipinski definition) is 1. The van der Waals surface area contributed by atoms with Crippen LogP contribution in [0.3, 0.4) is 0 Å². The lowest BCUT2D eigenvalue weighted by atomic mass is 10.0. The maximum atomic E-state index is 12.6. The average molecular weight is 417 g/mol. The van der Waals surface area contributed by atoms with E-state index in [0.29, 0.717) is 16.5 Å². The number of nitrogens with zero attached hydrogens (tertiary/aromatic N) is 4. The Labute approximate surface area is 172 Å². The van der Waals surface area contributed by atoms with E-state index in [9.17, 15) is 14.7 Å². The average Bonchev–Trinajstić information content (AvgIpc) is 2.99. The van der Waals surface area contributed by atoms with Crippen LogP contribution in [0.15, 0.2) is 41.2 Å². The number of carbonyl (C=O) groups is 1. The molecule has 8 nitrogen and oxygen atoms in total. The van der Waals surface area contributed by atoms with Crippen LogP contribution in [-0.4, -0.2) is 36.5 Å². The summed E-state index contributed by atoms with van der Waals surface area (Å²) in [5, 5.41) is 17.7. The molecule has 29 heavy (non-hydrogen) atoms. The quantitative estimate of drug-likeness (QED) is 0.663. The fourth-order valence-corrected chi connectivity index (χ4v) is 3.01. The molecule has 0 radical (unpaired) electrons. The van der Waals surface area contributed by atoms with E-state index in [1.807, 2.05) is 26.0 Å². The van der Waals surface area contributed by atoms with Crippen LogP contribution in [0.25, 0.3) is 5.69 Å². The van der Waals surface area contributed by atoms with Crippen molar-refractivity contribution in [1.29, 1.82) is 0 Å². The molecule has 0 spiro atoms. The van der Waals surface area contributed by atoms with Crippen molar-refractivity contribution in [2.24, 2.45) is 0 Å². The zero-order chi connectivity index (χ0) is 21.3. The fraction of sp³-hybridized carbons (Fsp3) is 0.300. The monoisotopic (exact) mass is 416 g/mol. The Morgan fingerprint density at radius 3 is 2.28 bits per heavy atom. The summed E-state index contributed by atoms with van der Waals surface area (Å²) in [6.07, 6.45) is 0. The maximum Gasteiger partial charge on any atom is 0.368 e. The molecule has 0 aliphatic heterocycles. The van der Waals surface area contributed by atoms with Crippen LogP contribution in [0.1, 0.15) is 30.5 Å². The Morgan fingerprint density at radius 1 is 1.14 bits per heavy atom. The third-order valence-corrected chi connectivity index (χ3v) is 4.69. The molecule has 0 unspecified atom stereocenters. The molecule has 9 heteroatoms. The molecular formula is C20H21ClN4O4. The Balaban J connectivity index is 1.87. The summed E-state index contributed by atoms with van der Waals surface area (Å²) >= 11 is 5.88. The smallest absolute Gasteiger partial charge is 0.368 e. The largest absolute Gasteiger partial charge is 0.478 e. The number of ether oxygens (including phenoxy) is 1. The van der Waals surface area contributed by atoms with Gasteiger partial charge < -0.3 is 9.84 Å². The van der Waals surface area contributed by atoms with E-state index in [0.717, 1.165) is 16.7 Å². The van der Waals surface area contributed by atoms with E-state index in [1.54, 1.807) is 24.3 Å². The van der Waals surface area contributed by atoms with E-state index >= 15 is 0 Å². The summed E-state index contributed by atoms with van der Waals surface area (Å²) in [6.45, 7) is 6.87. The minimum absolute atomic E-state index is 0.219. The number of carboxylic acid groups (broad SMARTS) is 1. The van der Waals surface area contributed by atoms with Gasteiger partial charge >= 0.3 is 11.7 Å². The van der Waals surface area contributed by atoms with Crippen LogP contribution in [0.5, 0.6) is 5.75 Å². The first-order valence-corrected chi connectivity index (χ1v) is 9.27. The number of hydrogen-bond acceptors (Lipinski definition) is 5. The third kappa shape index (κ3) is 4.32. The maximum absolute atomic E-state index is 12.6. The summed E-state index contributed by atoms with van der Waals surface area (Å²) in [6, 6.07) is 10.4. The number of aromatic nitrogens is 4. The lowest BCUT2D eigenvalue weighted by Gasteiger charge is -2.24. The molecule has 0 fully saturated rings. The molecule has 0 saturated carbocycles. The molecule has 0 aliphatic carbocycles. The molecular weight excluding hydrogens is 396 g/mol. The van der Waals surface area contributed by atoms with Gasteiger partial charge in [-0.1, -0.05) is 23.7 Å². The highest BCUT2D eigenvalue weighted by Gasteiger charge is 2.30. The summed E-state index contributed by atoms with van der Waals surface area (Å²) < 4.78 is 8.17. The van der Waals surface area contributed by atoms with Gasteiger partial charge in [-0.2, -0.15) is 9.36 Å². The molecule has 0 aliphatic rings. The summed E-state index contributed by atoms with van der Waals surface area (Å²) in [5.74, 6) is -0.538. The van der Waals surface area contributed by atoms with Gasteiger partial charge in [-0.15, -0.1) is 0 Å². The first-order valence-electron chi connectivity index (χ1n) is 8.90. The number of aryl methyl sites for hydroxylation is 2. The van der Waals surface area contributed by atoms with E-state index in [1.165, 1.54) is 23.2 Å². The standard InChI is InChI=1S/C20H21ClN4O4/c1-12-9-14(10-13(2)17(12)29-20(3,4)18(26)27)11-24-19(28)25(23-22-24)16-7-5-15(21)6-8-16/h5-10H,11H2,1-4H3,(H,26,27). The number of benzene rings is 2. The molecule has 0 atom stereocenters. The summed E-state index contributed by atoms with van der Waals surface area (Å²) in [7, 11) is 0. The predicted molar refractivity (Wildman–Crippen MR) is 108 cm³/mol. The van der Waals surface area contributed by atoms with Crippen molar-refractivity contribution in [2.75, 3.05) is 0 Å². The number of tetrazole rings is 1. The number of halogens is 1.